The van der Waals surface area contributed by atoms with Crippen LogP contribution in [0.5, 0.6) is 0 Å². The predicted octanol–water partition coefficient (Wildman–Crippen LogP) is 4.88. The third kappa shape index (κ3) is 3.56. The first kappa shape index (κ1) is 15.2. The molecule has 0 amide bonds. The van der Waals surface area contributed by atoms with Crippen LogP contribution in [-0.2, 0) is 15.9 Å². The Morgan fingerprint density at radius 3 is 1.89 bits per heavy atom. The molecule has 0 aliphatic heterocycles. The summed E-state index contributed by atoms with van der Waals surface area (Å²) in [7, 11) is 0. The summed E-state index contributed by atoms with van der Waals surface area (Å²) in [5.74, 6) is 0. The highest BCUT2D eigenvalue weighted by Crippen LogP contribution is 2.32. The molecule has 18 heavy (non-hydrogen) atoms. The highest BCUT2D eigenvalue weighted by Gasteiger charge is 2.27. The van der Waals surface area contributed by atoms with Gasteiger partial charge in [-0.3, -0.25) is 5.26 Å². The second-order valence-electron chi connectivity index (χ2n) is 6.25. The van der Waals surface area contributed by atoms with Crippen LogP contribution in [0.1, 0.15) is 65.0 Å². The van der Waals surface area contributed by atoms with Gasteiger partial charge in [-0.15, -0.1) is 0 Å². The molecule has 0 aromatic heterocycles. The first-order valence-corrected chi connectivity index (χ1v) is 6.77. The van der Waals surface area contributed by atoms with E-state index in [1.54, 1.807) is 0 Å². The average molecular weight is 250 g/mol. The smallest absolute Gasteiger partial charge is 0.125 e. The molecular weight excluding hydrogens is 224 g/mol. The monoisotopic (exact) mass is 250 g/mol. The fourth-order valence-electron chi connectivity index (χ4n) is 2.08. The van der Waals surface area contributed by atoms with Gasteiger partial charge in [0.25, 0.3) is 0 Å². The van der Waals surface area contributed by atoms with Gasteiger partial charge in [0.2, 0.25) is 0 Å². The lowest BCUT2D eigenvalue weighted by molar-refractivity contribution is -0.326. The molecule has 0 saturated carbocycles. The van der Waals surface area contributed by atoms with E-state index in [1.165, 1.54) is 5.56 Å². The number of unbranched alkanes of at least 4 members (excludes halogenated alkanes) is 1. The van der Waals surface area contributed by atoms with Crippen molar-refractivity contribution in [1.29, 1.82) is 0 Å². The van der Waals surface area contributed by atoms with E-state index in [0.29, 0.717) is 0 Å². The van der Waals surface area contributed by atoms with Gasteiger partial charge in [0.1, 0.15) is 5.60 Å². The maximum Gasteiger partial charge on any atom is 0.125 e. The summed E-state index contributed by atoms with van der Waals surface area (Å²) in [6.07, 6.45) is 2.96. The molecule has 102 valence electrons. The van der Waals surface area contributed by atoms with Crippen LogP contribution in [0.25, 0.3) is 0 Å². The summed E-state index contributed by atoms with van der Waals surface area (Å²) in [4.78, 5) is 4.75. The van der Waals surface area contributed by atoms with Crippen LogP contribution < -0.4 is 0 Å². The normalized spacial score (nSPS) is 15.4. The SMILES string of the molecule is CCCCC(C)(OO)c1ccc(C(C)(C)C)cc1. The molecule has 0 heterocycles. The summed E-state index contributed by atoms with van der Waals surface area (Å²) in [6, 6.07) is 8.37. The molecule has 1 aromatic carbocycles. The Kier molecular flexibility index (Phi) is 4.94. The third-order valence-corrected chi connectivity index (χ3v) is 3.57. The van der Waals surface area contributed by atoms with Crippen molar-refractivity contribution in [3.63, 3.8) is 0 Å². The van der Waals surface area contributed by atoms with E-state index < -0.39 is 5.60 Å². The van der Waals surface area contributed by atoms with E-state index in [1.807, 2.05) is 6.92 Å². The molecule has 2 heteroatoms. The van der Waals surface area contributed by atoms with Crippen molar-refractivity contribution in [1.82, 2.24) is 0 Å². The molecule has 0 fully saturated rings. The molecule has 2 nitrogen and oxygen atoms in total. The van der Waals surface area contributed by atoms with Gasteiger partial charge in [-0.2, -0.15) is 0 Å². The maximum absolute atomic E-state index is 9.19. The van der Waals surface area contributed by atoms with Crippen molar-refractivity contribution in [3.8, 4) is 0 Å². The van der Waals surface area contributed by atoms with Crippen LogP contribution in [0.4, 0.5) is 0 Å². The molecule has 1 N–H and O–H groups in total. The highest BCUT2D eigenvalue weighted by molar-refractivity contribution is 5.30. The van der Waals surface area contributed by atoms with Crippen molar-refractivity contribution in [3.05, 3.63) is 35.4 Å². The Balaban J connectivity index is 2.95. The summed E-state index contributed by atoms with van der Waals surface area (Å²) in [5, 5.41) is 9.19. The summed E-state index contributed by atoms with van der Waals surface area (Å²) >= 11 is 0. The fraction of sp³-hybridized carbons (Fsp3) is 0.625. The van der Waals surface area contributed by atoms with Crippen molar-refractivity contribution in [2.75, 3.05) is 0 Å². The summed E-state index contributed by atoms with van der Waals surface area (Å²) in [5.41, 5.74) is 1.89. The topological polar surface area (TPSA) is 29.5 Å². The van der Waals surface area contributed by atoms with Crippen LogP contribution in [0.3, 0.4) is 0 Å². The maximum atomic E-state index is 9.19. The van der Waals surface area contributed by atoms with Gasteiger partial charge in [0, 0.05) is 0 Å². The van der Waals surface area contributed by atoms with Crippen LogP contribution in [0, 0.1) is 0 Å². The number of benzene rings is 1. The Labute approximate surface area is 111 Å². The lowest BCUT2D eigenvalue weighted by Gasteiger charge is -2.27. The first-order chi connectivity index (χ1) is 8.33. The van der Waals surface area contributed by atoms with Crippen molar-refractivity contribution in [2.45, 2.75) is 64.9 Å². The van der Waals surface area contributed by atoms with E-state index in [-0.39, 0.29) is 5.41 Å². The molecule has 1 aromatic rings. The van der Waals surface area contributed by atoms with Gasteiger partial charge in [0.15, 0.2) is 0 Å². The number of hydrogen-bond donors (Lipinski definition) is 1. The first-order valence-electron chi connectivity index (χ1n) is 6.77. The summed E-state index contributed by atoms with van der Waals surface area (Å²) < 4.78 is 0. The van der Waals surface area contributed by atoms with Gasteiger partial charge >= 0.3 is 0 Å². The van der Waals surface area contributed by atoms with Crippen LogP contribution in [-0.4, -0.2) is 5.26 Å². The highest BCUT2D eigenvalue weighted by atomic mass is 17.1. The molecule has 1 atom stereocenters. The van der Waals surface area contributed by atoms with Crippen LogP contribution in [0.2, 0.25) is 0 Å². The van der Waals surface area contributed by atoms with E-state index in [4.69, 9.17) is 4.89 Å². The van der Waals surface area contributed by atoms with E-state index >= 15 is 0 Å². The standard InChI is InChI=1S/C16H26O2/c1-6-7-12-16(5,18-17)14-10-8-13(9-11-14)15(2,3)4/h8-11,17H,6-7,12H2,1-5H3. The molecule has 0 saturated heterocycles. The molecule has 0 aliphatic rings. The van der Waals surface area contributed by atoms with Crippen molar-refractivity contribution < 1.29 is 10.1 Å². The molecule has 0 aliphatic carbocycles. The Bertz CT molecular complexity index is 362. The molecule has 1 unspecified atom stereocenters. The number of rotatable bonds is 5. The van der Waals surface area contributed by atoms with E-state index in [0.717, 1.165) is 24.8 Å². The Morgan fingerprint density at radius 1 is 1.00 bits per heavy atom. The average Bonchev–Trinajstić information content (AvgIpc) is 2.35. The number of hydrogen-bond acceptors (Lipinski definition) is 2. The quantitative estimate of drug-likeness (QED) is 0.596. The minimum atomic E-state index is -0.591. The van der Waals surface area contributed by atoms with E-state index in [9.17, 15) is 5.26 Å². The van der Waals surface area contributed by atoms with Crippen LogP contribution in [0.15, 0.2) is 24.3 Å². The predicted molar refractivity (Wildman–Crippen MR) is 75.7 cm³/mol. The van der Waals surface area contributed by atoms with Gasteiger partial charge in [0.05, 0.1) is 0 Å². The van der Waals surface area contributed by atoms with Crippen molar-refractivity contribution >= 4 is 0 Å². The van der Waals surface area contributed by atoms with Gasteiger partial charge in [-0.25, -0.2) is 4.89 Å². The fourth-order valence-corrected chi connectivity index (χ4v) is 2.08. The molecule has 0 spiro atoms. The Hall–Kier alpha value is -0.860. The van der Waals surface area contributed by atoms with Gasteiger partial charge in [-0.05, 0) is 29.9 Å². The Morgan fingerprint density at radius 2 is 1.50 bits per heavy atom. The zero-order valence-electron chi connectivity index (χ0n) is 12.3. The van der Waals surface area contributed by atoms with Gasteiger partial charge in [-0.1, -0.05) is 64.8 Å². The minimum Gasteiger partial charge on any atom is -0.251 e. The summed E-state index contributed by atoms with van der Waals surface area (Å²) in [6.45, 7) is 10.7. The largest absolute Gasteiger partial charge is 0.251 e. The molecule has 1 rings (SSSR count). The lowest BCUT2D eigenvalue weighted by Crippen LogP contribution is -2.25. The van der Waals surface area contributed by atoms with E-state index in [2.05, 4.69) is 52.0 Å². The second kappa shape index (κ2) is 5.85. The van der Waals surface area contributed by atoms with Crippen LogP contribution >= 0.6 is 0 Å². The lowest BCUT2D eigenvalue weighted by atomic mass is 9.84. The second-order valence-corrected chi connectivity index (χ2v) is 6.25. The molecule has 0 bridgehead atoms. The van der Waals surface area contributed by atoms with Gasteiger partial charge < -0.3 is 0 Å². The zero-order valence-corrected chi connectivity index (χ0v) is 12.3. The molecular formula is C16H26O2. The zero-order chi connectivity index (χ0) is 13.8. The van der Waals surface area contributed by atoms with Crippen molar-refractivity contribution in [2.24, 2.45) is 0 Å². The molecule has 0 radical (unpaired) electrons. The third-order valence-electron chi connectivity index (χ3n) is 3.57. The minimum absolute atomic E-state index is 0.151.